The van der Waals surface area contributed by atoms with E-state index in [1.807, 2.05) is 11.3 Å². The minimum atomic E-state index is -0.574. The standard InChI is InChI=1S/C67H45N3S/c1-66(2)56-33-15-12-28-50(56)53-37-36-45(41-59(53)66)64-68-63(44-24-18-27-47(40-44)67(46-25-10-5-11-26-46)57-34-16-13-29-51(57)52-30-14-17-35-58(52)67)69-65(70-64)55-39-38-49(43-22-8-4-9-23-43)62-60(55)54-32-19-31-48(61(54)71-62)42-20-6-3-7-21-42/h3-41H,1-2H3. The summed E-state index contributed by atoms with van der Waals surface area (Å²) in [5.41, 5.74) is 19.5. The quantitative estimate of drug-likeness (QED) is 0.160. The molecular weight excluding hydrogens is 879 g/mol. The van der Waals surface area contributed by atoms with E-state index in [0.29, 0.717) is 17.5 Å². The summed E-state index contributed by atoms with van der Waals surface area (Å²) in [6.07, 6.45) is 0. The average molecular weight is 924 g/mol. The first-order valence-electron chi connectivity index (χ1n) is 24.4. The predicted octanol–water partition coefficient (Wildman–Crippen LogP) is 17.2. The van der Waals surface area contributed by atoms with E-state index < -0.39 is 5.41 Å². The fourth-order valence-electron chi connectivity index (χ4n) is 12.0. The van der Waals surface area contributed by atoms with Gasteiger partial charge in [0.15, 0.2) is 17.5 Å². The summed E-state index contributed by atoms with van der Waals surface area (Å²) in [6.45, 7) is 4.66. The number of aromatic nitrogens is 3. The molecule has 334 valence electrons. The summed E-state index contributed by atoms with van der Waals surface area (Å²) < 4.78 is 2.45. The molecule has 0 saturated carbocycles. The zero-order valence-corrected chi connectivity index (χ0v) is 40.1. The molecule has 0 saturated heterocycles. The fourth-order valence-corrected chi connectivity index (χ4v) is 13.4. The summed E-state index contributed by atoms with van der Waals surface area (Å²) in [5, 5.41) is 2.33. The minimum absolute atomic E-state index is 0.194. The third-order valence-electron chi connectivity index (χ3n) is 15.2. The van der Waals surface area contributed by atoms with Crippen LogP contribution in [0.5, 0.6) is 0 Å². The van der Waals surface area contributed by atoms with Gasteiger partial charge in [-0.1, -0.05) is 232 Å². The number of hydrogen-bond acceptors (Lipinski definition) is 4. The second-order valence-corrected chi connectivity index (χ2v) is 20.4. The summed E-state index contributed by atoms with van der Waals surface area (Å²) in [6, 6.07) is 86.0. The van der Waals surface area contributed by atoms with Crippen molar-refractivity contribution < 1.29 is 0 Å². The predicted molar refractivity (Wildman–Crippen MR) is 295 cm³/mol. The Morgan fingerprint density at radius 3 is 1.42 bits per heavy atom. The average Bonchev–Trinajstić information content (AvgIpc) is 4.06. The summed E-state index contributed by atoms with van der Waals surface area (Å²) in [7, 11) is 0. The van der Waals surface area contributed by atoms with Gasteiger partial charge in [-0.3, -0.25) is 0 Å². The Morgan fingerprint density at radius 2 is 0.761 bits per heavy atom. The SMILES string of the molecule is CC1(C)c2ccccc2-c2ccc(-c3nc(-c4cccc(C5(c6ccccc6)c6ccccc6-c6ccccc65)c4)nc(-c4ccc(-c5ccccc5)c5sc6c(-c7ccccc7)cccc6c45)n3)cc21. The lowest BCUT2D eigenvalue weighted by molar-refractivity contribution is 0.660. The lowest BCUT2D eigenvalue weighted by Crippen LogP contribution is -2.28. The number of hydrogen-bond donors (Lipinski definition) is 0. The number of benzene rings is 10. The van der Waals surface area contributed by atoms with Crippen molar-refractivity contribution in [2.24, 2.45) is 0 Å². The molecule has 0 atom stereocenters. The van der Waals surface area contributed by atoms with Crippen LogP contribution in [0.4, 0.5) is 0 Å². The van der Waals surface area contributed by atoms with E-state index >= 15 is 0 Å². The van der Waals surface area contributed by atoms with Crippen molar-refractivity contribution in [3.05, 3.63) is 270 Å². The van der Waals surface area contributed by atoms with Gasteiger partial charge >= 0.3 is 0 Å². The monoisotopic (exact) mass is 923 g/mol. The largest absolute Gasteiger partial charge is 0.208 e. The third-order valence-corrected chi connectivity index (χ3v) is 16.5. The van der Waals surface area contributed by atoms with E-state index in [9.17, 15) is 0 Å². The van der Waals surface area contributed by atoms with Crippen LogP contribution in [0.25, 0.3) is 98.8 Å². The molecule has 10 aromatic carbocycles. The second-order valence-electron chi connectivity index (χ2n) is 19.4. The highest BCUT2D eigenvalue weighted by molar-refractivity contribution is 7.27. The number of rotatable bonds is 7. The van der Waals surface area contributed by atoms with Crippen LogP contribution in [-0.2, 0) is 10.8 Å². The van der Waals surface area contributed by atoms with Crippen molar-refractivity contribution in [3.63, 3.8) is 0 Å². The van der Waals surface area contributed by atoms with Crippen molar-refractivity contribution >= 4 is 31.5 Å². The van der Waals surface area contributed by atoms with Crippen LogP contribution in [0.1, 0.15) is 47.2 Å². The molecule has 0 N–H and O–H groups in total. The molecular formula is C67H45N3S. The topological polar surface area (TPSA) is 38.7 Å². The minimum Gasteiger partial charge on any atom is -0.208 e. The molecule has 4 heteroatoms. The van der Waals surface area contributed by atoms with Gasteiger partial charge in [-0.2, -0.15) is 0 Å². The van der Waals surface area contributed by atoms with Gasteiger partial charge in [0, 0.05) is 42.3 Å². The Labute approximate surface area is 417 Å². The van der Waals surface area contributed by atoms with E-state index in [-0.39, 0.29) is 5.41 Å². The highest BCUT2D eigenvalue weighted by Crippen LogP contribution is 2.57. The molecule has 0 amide bonds. The van der Waals surface area contributed by atoms with Crippen molar-refractivity contribution in [2.75, 3.05) is 0 Å². The Balaban J connectivity index is 1.03. The molecule has 0 spiro atoms. The first-order chi connectivity index (χ1) is 35.0. The van der Waals surface area contributed by atoms with E-state index in [0.717, 1.165) is 27.6 Å². The Hall–Kier alpha value is -8.57. The van der Waals surface area contributed by atoms with Crippen LogP contribution in [-0.4, -0.2) is 15.0 Å². The Kier molecular flexibility index (Phi) is 9.33. The lowest BCUT2D eigenvalue weighted by atomic mass is 9.67. The number of nitrogens with zero attached hydrogens (tertiary/aromatic N) is 3. The maximum atomic E-state index is 5.59. The molecule has 71 heavy (non-hydrogen) atoms. The van der Waals surface area contributed by atoms with Crippen LogP contribution in [0.2, 0.25) is 0 Å². The second kappa shape index (κ2) is 16.0. The van der Waals surface area contributed by atoms with E-state index in [2.05, 4.69) is 250 Å². The molecule has 0 bridgehead atoms. The maximum absolute atomic E-state index is 5.59. The van der Waals surface area contributed by atoms with Gasteiger partial charge in [0.2, 0.25) is 0 Å². The van der Waals surface area contributed by atoms with Gasteiger partial charge in [-0.15, -0.1) is 11.3 Å². The normalized spacial score (nSPS) is 13.7. The Morgan fingerprint density at radius 1 is 0.310 bits per heavy atom. The van der Waals surface area contributed by atoms with Gasteiger partial charge in [0.05, 0.1) is 5.41 Å². The maximum Gasteiger partial charge on any atom is 0.164 e. The molecule has 0 unspecified atom stereocenters. The Bertz CT molecular complexity index is 4030. The molecule has 2 aliphatic carbocycles. The van der Waals surface area contributed by atoms with Gasteiger partial charge < -0.3 is 0 Å². The number of fused-ring (bicyclic) bond motifs is 9. The first kappa shape index (κ1) is 41.4. The van der Waals surface area contributed by atoms with Crippen molar-refractivity contribution in [1.29, 1.82) is 0 Å². The van der Waals surface area contributed by atoms with Crippen molar-refractivity contribution in [2.45, 2.75) is 24.7 Å². The zero-order valence-electron chi connectivity index (χ0n) is 39.3. The zero-order chi connectivity index (χ0) is 47.3. The highest BCUT2D eigenvalue weighted by atomic mass is 32.1. The smallest absolute Gasteiger partial charge is 0.164 e. The summed E-state index contributed by atoms with van der Waals surface area (Å²) >= 11 is 1.85. The van der Waals surface area contributed by atoms with Gasteiger partial charge in [-0.25, -0.2) is 15.0 Å². The van der Waals surface area contributed by atoms with E-state index in [1.165, 1.54) is 87.1 Å². The molecule has 12 aromatic rings. The molecule has 2 heterocycles. The van der Waals surface area contributed by atoms with Crippen molar-refractivity contribution in [1.82, 2.24) is 15.0 Å². The summed E-state index contributed by atoms with van der Waals surface area (Å²) in [4.78, 5) is 16.6. The molecule has 0 fully saturated rings. The lowest BCUT2D eigenvalue weighted by Gasteiger charge is -2.34. The fraction of sp³-hybridized carbons (Fsp3) is 0.0597. The molecule has 2 aromatic heterocycles. The molecule has 3 nitrogen and oxygen atoms in total. The van der Waals surface area contributed by atoms with Gasteiger partial charge in [-0.05, 0) is 96.1 Å². The third kappa shape index (κ3) is 6.24. The van der Waals surface area contributed by atoms with Crippen LogP contribution in [0.15, 0.2) is 237 Å². The highest BCUT2D eigenvalue weighted by Gasteiger charge is 2.46. The molecule has 0 aliphatic heterocycles. The first-order valence-corrected chi connectivity index (χ1v) is 25.2. The van der Waals surface area contributed by atoms with E-state index in [1.54, 1.807) is 0 Å². The molecule has 0 radical (unpaired) electrons. The number of thiophene rings is 1. The van der Waals surface area contributed by atoms with Gasteiger partial charge in [0.25, 0.3) is 0 Å². The van der Waals surface area contributed by atoms with Crippen LogP contribution in [0.3, 0.4) is 0 Å². The van der Waals surface area contributed by atoms with Gasteiger partial charge in [0.1, 0.15) is 0 Å². The van der Waals surface area contributed by atoms with Crippen LogP contribution in [0, 0.1) is 0 Å². The van der Waals surface area contributed by atoms with Crippen LogP contribution >= 0.6 is 11.3 Å². The van der Waals surface area contributed by atoms with E-state index in [4.69, 9.17) is 15.0 Å². The van der Waals surface area contributed by atoms with Crippen LogP contribution < -0.4 is 0 Å². The van der Waals surface area contributed by atoms with Crippen molar-refractivity contribution in [3.8, 4) is 78.7 Å². The summed E-state index contributed by atoms with van der Waals surface area (Å²) in [5.74, 6) is 1.91. The molecule has 2 aliphatic rings. The molecule has 14 rings (SSSR count).